The minimum absolute atomic E-state index is 0.350. The summed E-state index contributed by atoms with van der Waals surface area (Å²) in [5.74, 6) is 0.768. The van der Waals surface area contributed by atoms with Crippen molar-refractivity contribution in [3.63, 3.8) is 0 Å². The number of alkyl halides is 3. The number of anilines is 2. The van der Waals surface area contributed by atoms with Gasteiger partial charge in [0, 0.05) is 35.9 Å². The van der Waals surface area contributed by atoms with Crippen LogP contribution in [0, 0.1) is 0 Å². The standard InChI is InChI=1S/C33H32F3N3O2/c1-23(38-28-11-8-19-37-22-28)32(26-9-6-5-7-10-26)24(2)39(29-16-17-30(40-3)31(21-29)41-4)20-18-25-12-14-27(15-13-25)33(34,35)36/h5-17,19,21-22,32,38H,1-2,18,20H2,3-4H3. The summed E-state index contributed by atoms with van der Waals surface area (Å²) in [5.41, 5.74) is 4.04. The zero-order valence-electron chi connectivity index (χ0n) is 23.0. The highest BCUT2D eigenvalue weighted by Crippen LogP contribution is 2.38. The van der Waals surface area contributed by atoms with Gasteiger partial charge in [-0.15, -0.1) is 0 Å². The normalized spacial score (nSPS) is 11.8. The van der Waals surface area contributed by atoms with Gasteiger partial charge in [-0.05, 0) is 53.9 Å². The molecule has 0 aliphatic carbocycles. The number of nitrogens with one attached hydrogen (secondary N) is 1. The van der Waals surface area contributed by atoms with E-state index in [-0.39, 0.29) is 5.92 Å². The fraction of sp³-hybridized carbons (Fsp3) is 0.182. The van der Waals surface area contributed by atoms with Crippen LogP contribution in [0.4, 0.5) is 24.5 Å². The molecular formula is C33H32F3N3O2. The molecular weight excluding hydrogens is 527 g/mol. The molecule has 41 heavy (non-hydrogen) atoms. The van der Waals surface area contributed by atoms with E-state index in [4.69, 9.17) is 9.47 Å². The molecule has 0 spiro atoms. The Hall–Kier alpha value is -4.72. The minimum atomic E-state index is -4.39. The quantitative estimate of drug-likeness (QED) is 0.190. The Morgan fingerprint density at radius 1 is 0.902 bits per heavy atom. The lowest BCUT2D eigenvalue weighted by Gasteiger charge is -2.34. The van der Waals surface area contributed by atoms with Gasteiger partial charge in [-0.25, -0.2) is 0 Å². The SMILES string of the molecule is C=C(Nc1cccnc1)C(C(=C)N(CCc1ccc(C(F)(F)F)cc1)c1ccc(OC)c(OC)c1)c1ccccc1. The second-order valence-corrected chi connectivity index (χ2v) is 9.36. The number of benzene rings is 3. The van der Waals surface area contributed by atoms with Gasteiger partial charge in [-0.2, -0.15) is 13.2 Å². The van der Waals surface area contributed by atoms with E-state index in [9.17, 15) is 13.2 Å². The van der Waals surface area contributed by atoms with E-state index in [1.807, 2.05) is 65.6 Å². The summed E-state index contributed by atoms with van der Waals surface area (Å²) in [6.07, 6.45) is -0.507. The summed E-state index contributed by atoms with van der Waals surface area (Å²) in [7, 11) is 3.13. The lowest BCUT2D eigenvalue weighted by molar-refractivity contribution is -0.137. The van der Waals surface area contributed by atoms with Gasteiger partial charge in [0.2, 0.25) is 0 Å². The largest absolute Gasteiger partial charge is 0.493 e. The topological polar surface area (TPSA) is 46.6 Å². The van der Waals surface area contributed by atoms with Crippen molar-refractivity contribution < 1.29 is 22.6 Å². The molecule has 1 N–H and O–H groups in total. The van der Waals surface area contributed by atoms with Crippen LogP contribution < -0.4 is 19.7 Å². The number of ether oxygens (including phenoxy) is 2. The van der Waals surface area contributed by atoms with Gasteiger partial charge in [0.05, 0.1) is 37.6 Å². The first-order valence-corrected chi connectivity index (χ1v) is 13.0. The fourth-order valence-corrected chi connectivity index (χ4v) is 4.62. The van der Waals surface area contributed by atoms with Gasteiger partial charge < -0.3 is 19.7 Å². The molecule has 1 atom stereocenters. The summed E-state index contributed by atoms with van der Waals surface area (Å²) < 4.78 is 50.3. The van der Waals surface area contributed by atoms with Crippen LogP contribution in [0.3, 0.4) is 0 Å². The molecule has 0 fully saturated rings. The number of halogens is 3. The van der Waals surface area contributed by atoms with Gasteiger partial charge in [-0.3, -0.25) is 4.98 Å². The molecule has 8 heteroatoms. The molecule has 0 saturated heterocycles. The molecule has 1 aromatic heterocycles. The maximum atomic E-state index is 13.1. The maximum absolute atomic E-state index is 13.1. The van der Waals surface area contributed by atoms with Crippen molar-refractivity contribution in [1.82, 2.24) is 4.98 Å². The summed E-state index contributed by atoms with van der Waals surface area (Å²) in [6, 6.07) is 24.4. The predicted molar refractivity (Wildman–Crippen MR) is 157 cm³/mol. The van der Waals surface area contributed by atoms with Gasteiger partial charge in [0.1, 0.15) is 0 Å². The Bertz CT molecular complexity index is 1460. The maximum Gasteiger partial charge on any atom is 0.416 e. The van der Waals surface area contributed by atoms with Gasteiger partial charge in [0.25, 0.3) is 0 Å². The number of rotatable bonds is 12. The van der Waals surface area contributed by atoms with Crippen molar-refractivity contribution in [1.29, 1.82) is 0 Å². The van der Waals surface area contributed by atoms with Crippen LogP contribution in [0.1, 0.15) is 22.6 Å². The highest BCUT2D eigenvalue weighted by Gasteiger charge is 2.30. The molecule has 1 heterocycles. The molecule has 212 valence electrons. The molecule has 0 aliphatic rings. The highest BCUT2D eigenvalue weighted by molar-refractivity contribution is 5.62. The third kappa shape index (κ3) is 7.28. The number of pyridine rings is 1. The Morgan fingerprint density at radius 2 is 1.61 bits per heavy atom. The number of hydrogen-bond donors (Lipinski definition) is 1. The monoisotopic (exact) mass is 559 g/mol. The van der Waals surface area contributed by atoms with Crippen molar-refractivity contribution in [2.75, 3.05) is 31.0 Å². The molecule has 0 saturated carbocycles. The van der Waals surface area contributed by atoms with Gasteiger partial charge >= 0.3 is 6.18 Å². The zero-order valence-corrected chi connectivity index (χ0v) is 23.0. The van der Waals surface area contributed by atoms with E-state index in [0.29, 0.717) is 30.2 Å². The second-order valence-electron chi connectivity index (χ2n) is 9.36. The van der Waals surface area contributed by atoms with Crippen LogP contribution in [0.2, 0.25) is 0 Å². The van der Waals surface area contributed by atoms with E-state index in [1.165, 1.54) is 12.1 Å². The third-order valence-corrected chi connectivity index (χ3v) is 6.71. The first-order valence-electron chi connectivity index (χ1n) is 13.0. The van der Waals surface area contributed by atoms with Crippen molar-refractivity contribution in [2.24, 2.45) is 0 Å². The Labute approximate surface area is 238 Å². The highest BCUT2D eigenvalue weighted by atomic mass is 19.4. The fourth-order valence-electron chi connectivity index (χ4n) is 4.62. The molecule has 1 unspecified atom stereocenters. The molecule has 4 rings (SSSR count). The van der Waals surface area contributed by atoms with E-state index in [2.05, 4.69) is 23.5 Å². The summed E-state index contributed by atoms with van der Waals surface area (Å²) in [5, 5.41) is 3.37. The molecule has 0 bridgehead atoms. The predicted octanol–water partition coefficient (Wildman–Crippen LogP) is 8.09. The summed E-state index contributed by atoms with van der Waals surface area (Å²) in [4.78, 5) is 6.22. The Balaban J connectivity index is 1.71. The molecule has 4 aromatic rings. The van der Waals surface area contributed by atoms with Crippen molar-refractivity contribution >= 4 is 11.4 Å². The first-order chi connectivity index (χ1) is 19.7. The number of methoxy groups -OCH3 is 2. The molecule has 5 nitrogen and oxygen atoms in total. The van der Waals surface area contributed by atoms with Crippen molar-refractivity contribution in [3.05, 3.63) is 139 Å². The van der Waals surface area contributed by atoms with Crippen LogP contribution >= 0.6 is 0 Å². The zero-order chi connectivity index (χ0) is 29.4. The lowest BCUT2D eigenvalue weighted by Crippen LogP contribution is -2.30. The minimum Gasteiger partial charge on any atom is -0.493 e. The van der Waals surface area contributed by atoms with Crippen LogP contribution in [0.15, 0.2) is 122 Å². The van der Waals surface area contributed by atoms with E-state index >= 15 is 0 Å². The molecule has 0 aliphatic heterocycles. The van der Waals surface area contributed by atoms with Gasteiger partial charge in [0.15, 0.2) is 11.5 Å². The number of aromatic nitrogens is 1. The van der Waals surface area contributed by atoms with E-state index in [0.717, 1.165) is 40.3 Å². The smallest absolute Gasteiger partial charge is 0.416 e. The van der Waals surface area contributed by atoms with Crippen LogP contribution in [-0.2, 0) is 12.6 Å². The molecule has 3 aromatic carbocycles. The van der Waals surface area contributed by atoms with Crippen LogP contribution in [0.25, 0.3) is 0 Å². The summed E-state index contributed by atoms with van der Waals surface area (Å²) >= 11 is 0. The molecule has 0 radical (unpaired) electrons. The molecule has 0 amide bonds. The van der Waals surface area contributed by atoms with Crippen LogP contribution in [-0.4, -0.2) is 25.7 Å². The first kappa shape index (κ1) is 29.3. The average molecular weight is 560 g/mol. The average Bonchev–Trinajstić information content (AvgIpc) is 2.98. The number of hydrogen-bond acceptors (Lipinski definition) is 5. The summed E-state index contributed by atoms with van der Waals surface area (Å²) in [6.45, 7) is 9.31. The Kier molecular flexibility index (Phi) is 9.34. The van der Waals surface area contributed by atoms with Crippen molar-refractivity contribution in [2.45, 2.75) is 18.5 Å². The van der Waals surface area contributed by atoms with Gasteiger partial charge in [-0.1, -0.05) is 55.6 Å². The Morgan fingerprint density at radius 3 is 2.22 bits per heavy atom. The van der Waals surface area contributed by atoms with E-state index < -0.39 is 11.7 Å². The number of nitrogens with zero attached hydrogens (tertiary/aromatic N) is 2. The third-order valence-electron chi connectivity index (χ3n) is 6.71. The lowest BCUT2D eigenvalue weighted by atomic mass is 9.91. The van der Waals surface area contributed by atoms with Crippen LogP contribution in [0.5, 0.6) is 11.5 Å². The van der Waals surface area contributed by atoms with Crippen molar-refractivity contribution in [3.8, 4) is 11.5 Å². The van der Waals surface area contributed by atoms with E-state index in [1.54, 1.807) is 26.6 Å². The second kappa shape index (κ2) is 13.1.